The van der Waals surface area contributed by atoms with Gasteiger partial charge in [0.25, 0.3) is 5.91 Å². The highest BCUT2D eigenvalue weighted by Crippen LogP contribution is 2.37. The number of nitrogens with zero attached hydrogens (tertiary/aromatic N) is 6. The summed E-state index contributed by atoms with van der Waals surface area (Å²) in [5.74, 6) is -1.69. The molecule has 0 radical (unpaired) electrons. The summed E-state index contributed by atoms with van der Waals surface area (Å²) in [4.78, 5) is 27.5. The number of nitrogens with one attached hydrogen (secondary N) is 1. The molecule has 2 heterocycles. The van der Waals surface area contributed by atoms with E-state index < -0.39 is 29.6 Å². The van der Waals surface area contributed by atoms with Crippen LogP contribution in [0.5, 0.6) is 0 Å². The zero-order chi connectivity index (χ0) is 27.3. The van der Waals surface area contributed by atoms with Crippen LogP contribution in [0, 0.1) is 28.9 Å². The average molecular weight is 518 g/mol. The highest BCUT2D eigenvalue weighted by Gasteiger charge is 2.32. The number of alkyl halides is 1. The topological polar surface area (TPSA) is 88.4 Å². The number of halogens is 3. The van der Waals surface area contributed by atoms with E-state index in [2.05, 4.69) is 15.3 Å². The van der Waals surface area contributed by atoms with Crippen molar-refractivity contribution in [2.75, 3.05) is 57.5 Å². The first kappa shape index (κ1) is 28.2. The van der Waals surface area contributed by atoms with Crippen LogP contribution >= 0.6 is 0 Å². The minimum Gasteiger partial charge on any atom is -0.365 e. The molecule has 1 aromatic heterocycles. The van der Waals surface area contributed by atoms with E-state index in [0.29, 0.717) is 56.7 Å². The zero-order valence-electron chi connectivity index (χ0n) is 21.9. The molecule has 1 atom stereocenters. The molecule has 0 bridgehead atoms. The minimum absolute atomic E-state index is 0.0235. The normalized spacial score (nSPS) is 15.1. The van der Waals surface area contributed by atoms with Crippen molar-refractivity contribution in [1.29, 1.82) is 5.26 Å². The summed E-state index contributed by atoms with van der Waals surface area (Å²) in [6.07, 6.45) is -0.762. The Hall–Kier alpha value is -3.39. The number of carbonyl (C=O) groups is 1. The lowest BCUT2D eigenvalue weighted by Crippen LogP contribution is -2.38. The summed E-state index contributed by atoms with van der Waals surface area (Å²) in [6.45, 7) is 5.75. The van der Waals surface area contributed by atoms with Gasteiger partial charge in [0.15, 0.2) is 23.0 Å². The lowest BCUT2D eigenvalue weighted by molar-refractivity contribution is 0.0779. The highest BCUT2D eigenvalue weighted by molar-refractivity contribution is 5.95. The highest BCUT2D eigenvalue weighted by atomic mass is 19.1. The van der Waals surface area contributed by atoms with Gasteiger partial charge in [0.05, 0.1) is 0 Å². The van der Waals surface area contributed by atoms with E-state index in [-0.39, 0.29) is 23.0 Å². The van der Waals surface area contributed by atoms with Crippen LogP contribution in [0.25, 0.3) is 0 Å². The number of amides is 1. The summed E-state index contributed by atoms with van der Waals surface area (Å²) in [5, 5.41) is 13.0. The van der Waals surface area contributed by atoms with Crippen molar-refractivity contribution in [2.24, 2.45) is 5.92 Å². The summed E-state index contributed by atoms with van der Waals surface area (Å²) in [7, 11) is 5.46. The number of aromatic nitrogens is 2. The molecule has 0 spiro atoms. The van der Waals surface area contributed by atoms with Gasteiger partial charge in [-0.25, -0.2) is 23.1 Å². The first-order chi connectivity index (χ1) is 17.5. The molecule has 8 nitrogen and oxygen atoms in total. The Bertz CT molecular complexity index is 1140. The number of hydrogen-bond donors (Lipinski definition) is 1. The molecular weight excluding hydrogens is 483 g/mol. The maximum atomic E-state index is 15.1. The fourth-order valence-electron chi connectivity index (χ4n) is 4.26. The maximum absolute atomic E-state index is 15.1. The van der Waals surface area contributed by atoms with E-state index in [9.17, 15) is 18.8 Å². The molecular formula is C26H34F3N7O. The van der Waals surface area contributed by atoms with E-state index in [1.165, 1.54) is 4.90 Å². The fraction of sp³-hybridized carbons (Fsp3) is 0.538. The molecule has 200 valence electrons. The van der Waals surface area contributed by atoms with Crippen LogP contribution in [0.1, 0.15) is 54.6 Å². The van der Waals surface area contributed by atoms with Gasteiger partial charge in [-0.2, -0.15) is 5.26 Å². The van der Waals surface area contributed by atoms with Crippen LogP contribution in [0.15, 0.2) is 18.2 Å². The predicted octanol–water partition coefficient (Wildman–Crippen LogP) is 4.01. The number of anilines is 2. The molecule has 0 saturated carbocycles. The Morgan fingerprint density at radius 1 is 1.19 bits per heavy atom. The molecule has 3 rings (SSSR count). The van der Waals surface area contributed by atoms with Gasteiger partial charge >= 0.3 is 0 Å². The molecule has 11 heteroatoms. The van der Waals surface area contributed by atoms with Crippen LogP contribution < -0.4 is 10.2 Å². The number of rotatable bonds is 9. The second kappa shape index (κ2) is 12.2. The van der Waals surface area contributed by atoms with Crippen LogP contribution in [-0.2, 0) is 0 Å². The zero-order valence-corrected chi connectivity index (χ0v) is 21.9. The van der Waals surface area contributed by atoms with Gasteiger partial charge < -0.3 is 20.0 Å². The molecule has 0 aliphatic carbocycles. The minimum atomic E-state index is -1.56. The number of benzene rings is 1. The van der Waals surface area contributed by atoms with Crippen molar-refractivity contribution in [2.45, 2.75) is 38.9 Å². The van der Waals surface area contributed by atoms with Crippen molar-refractivity contribution in [3.63, 3.8) is 0 Å². The molecule has 1 saturated heterocycles. The lowest BCUT2D eigenvalue weighted by Gasteiger charge is -2.35. The first-order valence-corrected chi connectivity index (χ1v) is 12.3. The number of piperidine rings is 1. The SMILES string of the molecule is CC(C)Nc1nc(C(=O)N(C)CCN(C)C)c(C#N)nc1N1CCC(C(F)c2ccc(F)cc2F)CC1. The van der Waals surface area contributed by atoms with Gasteiger partial charge in [0.1, 0.15) is 23.9 Å². The molecule has 37 heavy (non-hydrogen) atoms. The fourth-order valence-corrected chi connectivity index (χ4v) is 4.26. The third-order valence-electron chi connectivity index (χ3n) is 6.35. The Labute approximate surface area is 216 Å². The molecule has 1 aliphatic heterocycles. The third kappa shape index (κ3) is 6.89. The Kier molecular flexibility index (Phi) is 9.32. The molecule has 1 aliphatic rings. The molecule has 1 N–H and O–H groups in total. The second-order valence-corrected chi connectivity index (χ2v) is 9.93. The van der Waals surface area contributed by atoms with Gasteiger partial charge in [0.2, 0.25) is 0 Å². The Balaban J connectivity index is 1.83. The Morgan fingerprint density at radius 2 is 1.86 bits per heavy atom. The van der Waals surface area contributed by atoms with Gasteiger partial charge in [-0.15, -0.1) is 0 Å². The van der Waals surface area contributed by atoms with E-state index in [1.54, 1.807) is 7.05 Å². The second-order valence-electron chi connectivity index (χ2n) is 9.93. The molecule has 2 aromatic rings. The predicted molar refractivity (Wildman–Crippen MR) is 136 cm³/mol. The lowest BCUT2D eigenvalue weighted by atomic mass is 9.88. The van der Waals surface area contributed by atoms with Gasteiger partial charge in [-0.1, -0.05) is 6.07 Å². The molecule has 1 unspecified atom stereocenters. The maximum Gasteiger partial charge on any atom is 0.275 e. The summed E-state index contributed by atoms with van der Waals surface area (Å²) in [6, 6.07) is 4.88. The van der Waals surface area contributed by atoms with Crippen molar-refractivity contribution in [1.82, 2.24) is 19.8 Å². The number of likely N-dealkylation sites (N-methyl/N-ethyl adjacent to an activating group) is 2. The summed E-state index contributed by atoms with van der Waals surface area (Å²) >= 11 is 0. The first-order valence-electron chi connectivity index (χ1n) is 12.3. The van der Waals surface area contributed by atoms with Gasteiger partial charge in [-0.3, -0.25) is 4.79 Å². The summed E-state index contributed by atoms with van der Waals surface area (Å²) in [5.41, 5.74) is -0.249. The van der Waals surface area contributed by atoms with Crippen molar-refractivity contribution >= 4 is 17.5 Å². The smallest absolute Gasteiger partial charge is 0.275 e. The van der Waals surface area contributed by atoms with Gasteiger partial charge in [0, 0.05) is 50.9 Å². The van der Waals surface area contributed by atoms with E-state index >= 15 is 4.39 Å². The van der Waals surface area contributed by atoms with Crippen LogP contribution in [0.3, 0.4) is 0 Å². The van der Waals surface area contributed by atoms with Crippen LogP contribution in [0.2, 0.25) is 0 Å². The molecule has 1 aromatic carbocycles. The van der Waals surface area contributed by atoms with Gasteiger partial charge in [-0.05, 0) is 52.8 Å². The van der Waals surface area contributed by atoms with E-state index in [1.807, 2.05) is 43.8 Å². The number of hydrogen-bond acceptors (Lipinski definition) is 7. The van der Waals surface area contributed by atoms with Crippen molar-refractivity contribution in [3.8, 4) is 6.07 Å². The van der Waals surface area contributed by atoms with Crippen LogP contribution in [0.4, 0.5) is 24.8 Å². The quantitative estimate of drug-likeness (QED) is 0.538. The largest absolute Gasteiger partial charge is 0.365 e. The van der Waals surface area contributed by atoms with E-state index in [0.717, 1.165) is 12.1 Å². The van der Waals surface area contributed by atoms with Crippen molar-refractivity contribution in [3.05, 3.63) is 46.8 Å². The van der Waals surface area contributed by atoms with E-state index in [4.69, 9.17) is 0 Å². The number of nitriles is 1. The van der Waals surface area contributed by atoms with Crippen LogP contribution in [-0.4, -0.2) is 79.0 Å². The number of carbonyl (C=O) groups excluding carboxylic acids is 1. The monoisotopic (exact) mass is 517 g/mol. The average Bonchev–Trinajstić information content (AvgIpc) is 2.86. The Morgan fingerprint density at radius 3 is 2.43 bits per heavy atom. The molecule has 1 fully saturated rings. The molecule has 1 amide bonds. The third-order valence-corrected chi connectivity index (χ3v) is 6.35. The standard InChI is InChI=1S/C26H34F3N7O/c1-16(2)31-24-25(32-21(15-30)23(33-24)26(37)35(5)13-12-34(3)4)36-10-8-17(9-11-36)22(29)19-7-6-18(27)14-20(19)28/h6-7,14,16-17,22H,8-13H2,1-5H3,(H,31,33). The summed E-state index contributed by atoms with van der Waals surface area (Å²) < 4.78 is 42.5. The van der Waals surface area contributed by atoms with Crippen molar-refractivity contribution < 1.29 is 18.0 Å².